The Labute approximate surface area is 216 Å². The molecule has 4 rings (SSSR count). The van der Waals surface area contributed by atoms with Crippen LogP contribution in [-0.2, 0) is 0 Å². The van der Waals surface area contributed by atoms with Gasteiger partial charge in [0.15, 0.2) is 0 Å². The third-order valence-electron chi connectivity index (χ3n) is 6.15. The van der Waals surface area contributed by atoms with E-state index in [-0.39, 0.29) is 28.0 Å². The number of nitrogen functional groups attached to an aromatic ring is 1. The second-order valence-corrected chi connectivity index (χ2v) is 10.9. The van der Waals surface area contributed by atoms with Gasteiger partial charge in [0, 0.05) is 46.2 Å². The largest absolute Gasteiger partial charge is 0.454 e. The number of aromatic nitrogens is 1. The molecule has 36 heavy (non-hydrogen) atoms. The summed E-state index contributed by atoms with van der Waals surface area (Å²) in [6.45, 7) is 8.57. The first-order valence-corrected chi connectivity index (χ1v) is 12.2. The first kappa shape index (κ1) is 25.5. The van der Waals surface area contributed by atoms with Crippen LogP contribution in [0.3, 0.4) is 0 Å². The smallest absolute Gasteiger partial charge is 0.251 e. The molecule has 2 heterocycles. The van der Waals surface area contributed by atoms with E-state index in [1.54, 1.807) is 54.9 Å². The summed E-state index contributed by atoms with van der Waals surface area (Å²) in [5, 5.41) is 16.9. The van der Waals surface area contributed by atoms with Gasteiger partial charge in [0.2, 0.25) is 0 Å². The van der Waals surface area contributed by atoms with Gasteiger partial charge in [0.1, 0.15) is 23.1 Å². The number of halogens is 1. The van der Waals surface area contributed by atoms with E-state index in [1.807, 2.05) is 0 Å². The van der Waals surface area contributed by atoms with Gasteiger partial charge in [-0.3, -0.25) is 9.78 Å². The maximum Gasteiger partial charge on any atom is 0.251 e. The molecule has 0 saturated carbocycles. The van der Waals surface area contributed by atoms with Gasteiger partial charge in [-0.25, -0.2) is 0 Å². The number of nitrogens with zero attached hydrogens (tertiary/aromatic N) is 2. The summed E-state index contributed by atoms with van der Waals surface area (Å²) in [7, 11) is 0. The lowest BCUT2D eigenvalue weighted by Crippen LogP contribution is -2.62. The molecule has 1 aromatic heterocycles. The number of nitrogens with one attached hydrogen (secondary N) is 2. The molecule has 1 aliphatic heterocycles. The van der Waals surface area contributed by atoms with Gasteiger partial charge in [0.25, 0.3) is 5.91 Å². The summed E-state index contributed by atoms with van der Waals surface area (Å²) >= 11 is 6.51. The summed E-state index contributed by atoms with van der Waals surface area (Å²) < 4.78 is 6.02. The Hall–Kier alpha value is -3.60. The average Bonchev–Trinajstić information content (AvgIpc) is 2.78. The Balaban J connectivity index is 1.54. The molecule has 0 atom stereocenters. The molecule has 4 N–H and O–H groups in total. The standard InChI is InChI=1S/C28H30ClN5O2/c1-27(2)12-20(13-28(3,4)34-27)33-26(35)17-8-9-25(23(29)11-17)36-24-7-5-6-21(22(24)14-30)18-10-19(31)16-32-15-18/h5-11,15-16,20,34H,12-13,31H2,1-4H3,(H,33,35). The fourth-order valence-corrected chi connectivity index (χ4v) is 5.33. The van der Waals surface area contributed by atoms with E-state index in [9.17, 15) is 10.1 Å². The number of nitriles is 1. The highest BCUT2D eigenvalue weighted by molar-refractivity contribution is 6.32. The Morgan fingerprint density at radius 2 is 1.86 bits per heavy atom. The fourth-order valence-electron chi connectivity index (χ4n) is 5.11. The zero-order chi connectivity index (χ0) is 26.1. The van der Waals surface area contributed by atoms with E-state index in [2.05, 4.69) is 49.4 Å². The number of anilines is 1. The Morgan fingerprint density at radius 1 is 1.14 bits per heavy atom. The molecule has 0 radical (unpaired) electrons. The van der Waals surface area contributed by atoms with E-state index in [1.165, 1.54) is 0 Å². The minimum Gasteiger partial charge on any atom is -0.454 e. The predicted molar refractivity (Wildman–Crippen MR) is 142 cm³/mol. The number of carbonyl (C=O) groups is 1. The van der Waals surface area contributed by atoms with Crippen LogP contribution in [0, 0.1) is 11.3 Å². The molecule has 7 nitrogen and oxygen atoms in total. The van der Waals surface area contributed by atoms with E-state index in [0.717, 1.165) is 12.8 Å². The first-order valence-electron chi connectivity index (χ1n) is 11.8. The molecule has 2 aromatic carbocycles. The zero-order valence-electron chi connectivity index (χ0n) is 20.9. The highest BCUT2D eigenvalue weighted by atomic mass is 35.5. The van der Waals surface area contributed by atoms with E-state index >= 15 is 0 Å². The molecular formula is C28H30ClN5O2. The van der Waals surface area contributed by atoms with Crippen molar-refractivity contribution in [1.29, 1.82) is 5.26 Å². The summed E-state index contributed by atoms with van der Waals surface area (Å²) in [4.78, 5) is 17.1. The van der Waals surface area contributed by atoms with Crippen LogP contribution < -0.4 is 21.1 Å². The monoisotopic (exact) mass is 503 g/mol. The number of benzene rings is 2. The number of hydrogen-bond acceptors (Lipinski definition) is 6. The molecule has 1 amide bonds. The van der Waals surface area contributed by atoms with Gasteiger partial charge in [0.05, 0.1) is 10.7 Å². The summed E-state index contributed by atoms with van der Waals surface area (Å²) in [5.74, 6) is 0.503. The minimum atomic E-state index is -0.184. The quantitative estimate of drug-likeness (QED) is 0.412. The number of ether oxygens (including phenoxy) is 1. The number of piperidine rings is 1. The zero-order valence-corrected chi connectivity index (χ0v) is 21.6. The van der Waals surface area contributed by atoms with Crippen molar-refractivity contribution in [2.24, 2.45) is 0 Å². The third kappa shape index (κ3) is 5.78. The van der Waals surface area contributed by atoms with Gasteiger partial charge in [-0.1, -0.05) is 23.7 Å². The molecule has 0 bridgehead atoms. The number of hydrogen-bond donors (Lipinski definition) is 3. The molecule has 0 spiro atoms. The highest BCUT2D eigenvalue weighted by Crippen LogP contribution is 2.36. The Bertz CT molecular complexity index is 1330. The normalized spacial score (nSPS) is 16.7. The van der Waals surface area contributed by atoms with Crippen molar-refractivity contribution < 1.29 is 9.53 Å². The Kier molecular flexibility index (Phi) is 6.94. The molecule has 0 aliphatic carbocycles. The number of carbonyl (C=O) groups excluding carboxylic acids is 1. The SMILES string of the molecule is CC1(C)CC(NC(=O)c2ccc(Oc3cccc(-c4cncc(N)c4)c3C#N)c(Cl)c2)CC(C)(C)N1. The molecule has 1 fully saturated rings. The van der Waals surface area contributed by atoms with Crippen LogP contribution in [0.25, 0.3) is 11.1 Å². The average molecular weight is 504 g/mol. The van der Waals surface area contributed by atoms with Crippen LogP contribution in [0.2, 0.25) is 5.02 Å². The second-order valence-electron chi connectivity index (χ2n) is 10.5. The van der Waals surface area contributed by atoms with Crippen LogP contribution in [0.5, 0.6) is 11.5 Å². The predicted octanol–water partition coefficient (Wildman–Crippen LogP) is 5.69. The third-order valence-corrected chi connectivity index (χ3v) is 6.44. The lowest BCUT2D eigenvalue weighted by molar-refractivity contribution is 0.0873. The lowest BCUT2D eigenvalue weighted by atomic mass is 9.79. The maximum absolute atomic E-state index is 13.0. The molecule has 3 aromatic rings. The molecule has 0 unspecified atom stereocenters. The Morgan fingerprint density at radius 3 is 2.50 bits per heavy atom. The van der Waals surface area contributed by atoms with E-state index < -0.39 is 0 Å². The van der Waals surface area contributed by atoms with Crippen molar-refractivity contribution in [1.82, 2.24) is 15.6 Å². The van der Waals surface area contributed by atoms with Gasteiger partial charge in [-0.2, -0.15) is 5.26 Å². The van der Waals surface area contributed by atoms with Crippen LogP contribution in [0.1, 0.15) is 56.5 Å². The summed E-state index contributed by atoms with van der Waals surface area (Å²) in [6, 6.07) is 14.2. The van der Waals surface area contributed by atoms with Crippen LogP contribution in [-0.4, -0.2) is 28.0 Å². The molecule has 8 heteroatoms. The number of amides is 1. The molecule has 1 aliphatic rings. The van der Waals surface area contributed by atoms with Crippen molar-refractivity contribution >= 4 is 23.2 Å². The van der Waals surface area contributed by atoms with Crippen LogP contribution in [0.4, 0.5) is 5.69 Å². The van der Waals surface area contributed by atoms with Crippen LogP contribution in [0.15, 0.2) is 54.9 Å². The second kappa shape index (κ2) is 9.81. The maximum atomic E-state index is 13.0. The highest BCUT2D eigenvalue weighted by Gasteiger charge is 2.38. The summed E-state index contributed by atoms with van der Waals surface area (Å²) in [5.41, 5.74) is 8.33. The van der Waals surface area contributed by atoms with Gasteiger partial charge < -0.3 is 21.1 Å². The van der Waals surface area contributed by atoms with Crippen LogP contribution >= 0.6 is 11.6 Å². The van der Waals surface area contributed by atoms with Gasteiger partial charge in [-0.05, 0) is 70.9 Å². The topological polar surface area (TPSA) is 113 Å². The lowest BCUT2D eigenvalue weighted by Gasteiger charge is -2.46. The van der Waals surface area contributed by atoms with Crippen molar-refractivity contribution in [3.8, 4) is 28.7 Å². The van der Waals surface area contributed by atoms with Crippen molar-refractivity contribution in [3.63, 3.8) is 0 Å². The summed E-state index contributed by atoms with van der Waals surface area (Å²) in [6.07, 6.45) is 4.83. The molecule has 186 valence electrons. The molecule has 1 saturated heterocycles. The minimum absolute atomic E-state index is 0.0425. The number of nitrogens with two attached hydrogens (primary N) is 1. The van der Waals surface area contributed by atoms with Crippen molar-refractivity contribution in [2.75, 3.05) is 5.73 Å². The van der Waals surface area contributed by atoms with Gasteiger partial charge >= 0.3 is 0 Å². The first-order chi connectivity index (χ1) is 17.0. The number of pyridine rings is 1. The van der Waals surface area contributed by atoms with E-state index in [4.69, 9.17) is 22.1 Å². The molecular weight excluding hydrogens is 474 g/mol. The van der Waals surface area contributed by atoms with Gasteiger partial charge in [-0.15, -0.1) is 0 Å². The number of rotatable bonds is 5. The fraction of sp³-hybridized carbons (Fsp3) is 0.321. The van der Waals surface area contributed by atoms with Crippen molar-refractivity contribution in [2.45, 2.75) is 57.7 Å². The van der Waals surface area contributed by atoms with E-state index in [0.29, 0.717) is 39.4 Å². The van der Waals surface area contributed by atoms with Crippen molar-refractivity contribution in [3.05, 3.63) is 71.0 Å².